The number of hydrogen-bond acceptors (Lipinski definition) is 5. The minimum atomic E-state index is -3.67. The van der Waals surface area contributed by atoms with Crippen molar-refractivity contribution in [2.75, 3.05) is 45.5 Å². The lowest BCUT2D eigenvalue weighted by molar-refractivity contribution is 0.222. The zero-order chi connectivity index (χ0) is 17.8. The number of rotatable bonds is 7. The molecule has 0 aliphatic carbocycles. The minimum absolute atomic E-state index is 0.182. The van der Waals surface area contributed by atoms with E-state index >= 15 is 0 Å². The van der Waals surface area contributed by atoms with Crippen molar-refractivity contribution in [3.63, 3.8) is 0 Å². The summed E-state index contributed by atoms with van der Waals surface area (Å²) in [7, 11) is -5.23. The Morgan fingerprint density at radius 1 is 1.04 bits per heavy atom. The normalized spacial score (nSPS) is 17.9. The van der Waals surface area contributed by atoms with Crippen molar-refractivity contribution < 1.29 is 21.2 Å². The van der Waals surface area contributed by atoms with Crippen LogP contribution in [0.4, 0.5) is 4.39 Å². The van der Waals surface area contributed by atoms with E-state index in [-0.39, 0.29) is 18.1 Å². The maximum atomic E-state index is 12.8. The van der Waals surface area contributed by atoms with Crippen LogP contribution in [0.3, 0.4) is 0 Å². The molecule has 0 unspecified atom stereocenters. The lowest BCUT2D eigenvalue weighted by Gasteiger charge is -2.31. The first kappa shape index (κ1) is 19.3. The molecule has 0 radical (unpaired) electrons. The van der Waals surface area contributed by atoms with Crippen LogP contribution in [0, 0.1) is 5.82 Å². The van der Waals surface area contributed by atoms with Crippen LogP contribution in [0.15, 0.2) is 24.3 Å². The van der Waals surface area contributed by atoms with Gasteiger partial charge < -0.3 is 4.90 Å². The third-order valence-electron chi connectivity index (χ3n) is 3.81. The van der Waals surface area contributed by atoms with Crippen LogP contribution in [0.1, 0.15) is 5.56 Å². The summed E-state index contributed by atoms with van der Waals surface area (Å²) in [6.07, 6.45) is 0. The molecule has 1 N–H and O–H groups in total. The van der Waals surface area contributed by atoms with E-state index in [1.165, 1.54) is 28.6 Å². The van der Waals surface area contributed by atoms with Crippen molar-refractivity contribution in [2.24, 2.45) is 0 Å². The monoisotopic (exact) mass is 379 g/mol. The Balaban J connectivity index is 1.84. The summed E-state index contributed by atoms with van der Waals surface area (Å²) in [5.74, 6) is -1.04. The maximum absolute atomic E-state index is 12.8. The third-order valence-corrected chi connectivity index (χ3v) is 7.04. The van der Waals surface area contributed by atoms with Gasteiger partial charge in [0.2, 0.25) is 20.0 Å². The summed E-state index contributed by atoms with van der Waals surface area (Å²) in [6.45, 7) is 1.98. The molecule has 0 atom stereocenters. The average Bonchev–Trinajstić information content (AvgIpc) is 2.49. The number of sulfonamides is 2. The Labute approximate surface area is 142 Å². The Morgan fingerprint density at radius 2 is 1.62 bits per heavy atom. The largest absolute Gasteiger partial charge is 0.304 e. The van der Waals surface area contributed by atoms with Gasteiger partial charge in [0.05, 0.1) is 11.5 Å². The van der Waals surface area contributed by atoms with Crippen LogP contribution < -0.4 is 4.72 Å². The zero-order valence-corrected chi connectivity index (χ0v) is 15.1. The SMILES string of the molecule is CN1CCN(S(=O)(=O)CCNS(=O)(=O)Cc2ccc(F)cc2)CC1. The van der Waals surface area contributed by atoms with E-state index in [1.807, 2.05) is 11.9 Å². The van der Waals surface area contributed by atoms with Crippen LogP contribution in [0.2, 0.25) is 0 Å². The van der Waals surface area contributed by atoms with Gasteiger partial charge in [-0.1, -0.05) is 12.1 Å². The van der Waals surface area contributed by atoms with Gasteiger partial charge in [0.1, 0.15) is 5.82 Å². The first-order chi connectivity index (χ1) is 11.2. The van der Waals surface area contributed by atoms with Gasteiger partial charge in [-0.05, 0) is 24.7 Å². The Bertz CT molecular complexity index is 743. The molecule has 0 saturated carbocycles. The quantitative estimate of drug-likeness (QED) is 0.710. The lowest BCUT2D eigenvalue weighted by atomic mass is 10.2. The van der Waals surface area contributed by atoms with Crippen LogP contribution in [0.25, 0.3) is 0 Å². The number of benzene rings is 1. The fraction of sp³-hybridized carbons (Fsp3) is 0.571. The van der Waals surface area contributed by atoms with Crippen LogP contribution in [0.5, 0.6) is 0 Å². The summed E-state index contributed by atoms with van der Waals surface area (Å²) >= 11 is 0. The second-order valence-electron chi connectivity index (χ2n) is 5.80. The summed E-state index contributed by atoms with van der Waals surface area (Å²) in [5.41, 5.74) is 0.436. The molecule has 1 aliphatic heterocycles. The summed E-state index contributed by atoms with van der Waals surface area (Å²) in [6, 6.07) is 5.14. The predicted octanol–water partition coefficient (Wildman–Crippen LogP) is -0.178. The molecular weight excluding hydrogens is 357 g/mol. The molecule has 1 aromatic carbocycles. The molecule has 24 heavy (non-hydrogen) atoms. The molecule has 0 amide bonds. The molecule has 1 heterocycles. The van der Waals surface area contributed by atoms with E-state index in [0.717, 1.165) is 0 Å². The zero-order valence-electron chi connectivity index (χ0n) is 13.5. The molecular formula is C14H22FN3O4S2. The summed E-state index contributed by atoms with van der Waals surface area (Å²) < 4.78 is 64.8. The van der Waals surface area contributed by atoms with Gasteiger partial charge in [-0.3, -0.25) is 0 Å². The first-order valence-electron chi connectivity index (χ1n) is 7.56. The first-order valence-corrected chi connectivity index (χ1v) is 10.8. The molecule has 1 saturated heterocycles. The van der Waals surface area contributed by atoms with E-state index in [9.17, 15) is 21.2 Å². The van der Waals surface area contributed by atoms with Crippen molar-refractivity contribution in [3.05, 3.63) is 35.6 Å². The Morgan fingerprint density at radius 3 is 2.21 bits per heavy atom. The molecule has 1 fully saturated rings. The van der Waals surface area contributed by atoms with Gasteiger partial charge in [0.25, 0.3) is 0 Å². The number of nitrogens with zero attached hydrogens (tertiary/aromatic N) is 2. The van der Waals surface area contributed by atoms with E-state index in [0.29, 0.717) is 31.7 Å². The third kappa shape index (κ3) is 5.78. The Hall–Kier alpha value is -1.07. The highest BCUT2D eigenvalue weighted by molar-refractivity contribution is 7.89. The molecule has 7 nitrogen and oxygen atoms in total. The molecule has 2 rings (SSSR count). The van der Waals surface area contributed by atoms with Gasteiger partial charge in [-0.25, -0.2) is 25.9 Å². The number of hydrogen-bond donors (Lipinski definition) is 1. The fourth-order valence-corrected chi connectivity index (χ4v) is 4.99. The number of halogens is 1. The highest BCUT2D eigenvalue weighted by Gasteiger charge is 2.25. The van der Waals surface area contributed by atoms with E-state index in [4.69, 9.17) is 0 Å². The molecule has 0 spiro atoms. The van der Waals surface area contributed by atoms with Gasteiger partial charge >= 0.3 is 0 Å². The lowest BCUT2D eigenvalue weighted by Crippen LogP contribution is -2.48. The molecule has 10 heteroatoms. The van der Waals surface area contributed by atoms with E-state index in [2.05, 4.69) is 4.72 Å². The van der Waals surface area contributed by atoms with E-state index < -0.39 is 25.9 Å². The fourth-order valence-electron chi connectivity index (χ4n) is 2.37. The van der Waals surface area contributed by atoms with Gasteiger partial charge in [0.15, 0.2) is 0 Å². The number of likely N-dealkylation sites (N-methyl/N-ethyl adjacent to an activating group) is 1. The molecule has 136 valence electrons. The molecule has 1 aromatic rings. The highest BCUT2D eigenvalue weighted by atomic mass is 32.2. The minimum Gasteiger partial charge on any atom is -0.304 e. The van der Waals surface area contributed by atoms with Crippen molar-refractivity contribution in [3.8, 4) is 0 Å². The molecule has 0 bridgehead atoms. The average molecular weight is 379 g/mol. The van der Waals surface area contributed by atoms with Crippen LogP contribution >= 0.6 is 0 Å². The van der Waals surface area contributed by atoms with Crippen molar-refractivity contribution >= 4 is 20.0 Å². The van der Waals surface area contributed by atoms with E-state index in [1.54, 1.807) is 0 Å². The second-order valence-corrected chi connectivity index (χ2v) is 9.69. The molecule has 0 aromatic heterocycles. The van der Waals surface area contributed by atoms with Gasteiger partial charge in [-0.2, -0.15) is 4.31 Å². The molecule has 1 aliphatic rings. The van der Waals surface area contributed by atoms with Crippen LogP contribution in [-0.2, 0) is 25.8 Å². The van der Waals surface area contributed by atoms with Crippen molar-refractivity contribution in [1.29, 1.82) is 0 Å². The number of nitrogens with one attached hydrogen (secondary N) is 1. The van der Waals surface area contributed by atoms with Crippen molar-refractivity contribution in [2.45, 2.75) is 5.75 Å². The van der Waals surface area contributed by atoms with Gasteiger partial charge in [-0.15, -0.1) is 0 Å². The van der Waals surface area contributed by atoms with Gasteiger partial charge in [0, 0.05) is 32.7 Å². The second kappa shape index (κ2) is 7.87. The summed E-state index contributed by atoms with van der Waals surface area (Å²) in [4.78, 5) is 2.04. The van der Waals surface area contributed by atoms with Crippen molar-refractivity contribution in [1.82, 2.24) is 13.9 Å². The Kier molecular flexibility index (Phi) is 6.32. The maximum Gasteiger partial charge on any atom is 0.215 e. The standard InChI is InChI=1S/C14H22FN3O4S2/c1-17-7-9-18(10-8-17)24(21,22)11-6-16-23(19,20)12-13-2-4-14(15)5-3-13/h2-5,16H,6-12H2,1H3. The topological polar surface area (TPSA) is 86.8 Å². The summed E-state index contributed by atoms with van der Waals surface area (Å²) in [5, 5.41) is 0. The highest BCUT2D eigenvalue weighted by Crippen LogP contribution is 2.08. The van der Waals surface area contributed by atoms with Crippen LogP contribution in [-0.4, -0.2) is 71.6 Å². The number of piperazine rings is 1. The predicted molar refractivity (Wildman–Crippen MR) is 89.9 cm³/mol. The smallest absolute Gasteiger partial charge is 0.215 e.